The number of para-hydroxylation sites is 1. The van der Waals surface area contributed by atoms with Crippen molar-refractivity contribution in [2.75, 3.05) is 13.6 Å². The fourth-order valence-corrected chi connectivity index (χ4v) is 2.06. The highest BCUT2D eigenvalue weighted by molar-refractivity contribution is 14.0. The molecule has 0 amide bonds. The summed E-state index contributed by atoms with van der Waals surface area (Å²) in [7, 11) is 1.79. The molecule has 0 fully saturated rings. The van der Waals surface area contributed by atoms with E-state index in [-0.39, 0.29) is 24.0 Å². The van der Waals surface area contributed by atoms with Gasteiger partial charge in [-0.3, -0.25) is 4.99 Å². The van der Waals surface area contributed by atoms with Gasteiger partial charge < -0.3 is 10.6 Å². The molecule has 5 nitrogen and oxygen atoms in total. The highest BCUT2D eigenvalue weighted by Crippen LogP contribution is 2.07. The van der Waals surface area contributed by atoms with Gasteiger partial charge in [-0.05, 0) is 24.5 Å². The number of nitrogens with zero attached hydrogens (tertiary/aromatic N) is 3. The number of guanidine groups is 1. The molecule has 23 heavy (non-hydrogen) atoms. The van der Waals surface area contributed by atoms with Gasteiger partial charge >= 0.3 is 0 Å². The van der Waals surface area contributed by atoms with Gasteiger partial charge in [0.05, 0.1) is 11.9 Å². The van der Waals surface area contributed by atoms with Crippen LogP contribution in [-0.2, 0) is 6.54 Å². The van der Waals surface area contributed by atoms with Crippen molar-refractivity contribution in [3.05, 3.63) is 48.3 Å². The molecule has 2 N–H and O–H groups in total. The third kappa shape index (κ3) is 6.60. The molecular formula is C17H26IN5. The number of hydrogen-bond acceptors (Lipinski definition) is 2. The number of aliphatic imine (C=N–C) groups is 1. The Morgan fingerprint density at radius 2 is 1.96 bits per heavy atom. The van der Waals surface area contributed by atoms with Crippen LogP contribution in [0.25, 0.3) is 5.69 Å². The Labute approximate surface area is 155 Å². The number of benzene rings is 1. The molecule has 1 aromatic carbocycles. The summed E-state index contributed by atoms with van der Waals surface area (Å²) in [5, 5.41) is 11.0. The Morgan fingerprint density at radius 3 is 2.61 bits per heavy atom. The SMILES string of the molecule is CN=C(NCCC(C)C)NCc1cnn(-c2ccccc2)c1.I. The Balaban J connectivity index is 0.00000264. The second-order valence-corrected chi connectivity index (χ2v) is 5.66. The smallest absolute Gasteiger partial charge is 0.191 e. The number of rotatable bonds is 6. The predicted molar refractivity (Wildman–Crippen MR) is 107 cm³/mol. The maximum atomic E-state index is 4.39. The molecule has 0 spiro atoms. The zero-order valence-corrected chi connectivity index (χ0v) is 16.3. The first-order valence-corrected chi connectivity index (χ1v) is 7.72. The number of aromatic nitrogens is 2. The molecule has 0 unspecified atom stereocenters. The standard InChI is InChI=1S/C17H25N5.HI/c1-14(2)9-10-19-17(18-3)20-11-15-12-21-22(13-15)16-7-5-4-6-8-16;/h4-8,12-14H,9-11H2,1-3H3,(H2,18,19,20);1H. The second kappa shape index (κ2) is 10.3. The first kappa shape index (κ1) is 19.5. The molecule has 1 aromatic heterocycles. The van der Waals surface area contributed by atoms with Gasteiger partial charge in [0.1, 0.15) is 0 Å². The molecule has 0 saturated carbocycles. The van der Waals surface area contributed by atoms with E-state index in [2.05, 4.69) is 34.6 Å². The van der Waals surface area contributed by atoms with E-state index >= 15 is 0 Å². The van der Waals surface area contributed by atoms with E-state index in [0.717, 1.165) is 30.2 Å². The molecule has 0 radical (unpaired) electrons. The molecule has 2 rings (SSSR count). The normalized spacial score (nSPS) is 11.2. The molecule has 6 heteroatoms. The van der Waals surface area contributed by atoms with Crippen molar-refractivity contribution in [3.63, 3.8) is 0 Å². The minimum atomic E-state index is 0. The molecule has 0 bridgehead atoms. The Bertz CT molecular complexity index is 592. The molecular weight excluding hydrogens is 401 g/mol. The van der Waals surface area contributed by atoms with Gasteiger partial charge in [-0.1, -0.05) is 32.0 Å². The maximum absolute atomic E-state index is 4.39. The van der Waals surface area contributed by atoms with Crippen LogP contribution < -0.4 is 10.6 Å². The zero-order valence-electron chi connectivity index (χ0n) is 14.0. The monoisotopic (exact) mass is 427 g/mol. The summed E-state index contributed by atoms with van der Waals surface area (Å²) in [6, 6.07) is 10.1. The Morgan fingerprint density at radius 1 is 1.22 bits per heavy atom. The fourth-order valence-electron chi connectivity index (χ4n) is 2.06. The summed E-state index contributed by atoms with van der Waals surface area (Å²) in [5.41, 5.74) is 2.18. The van der Waals surface area contributed by atoms with E-state index in [1.807, 2.05) is 47.4 Å². The topological polar surface area (TPSA) is 54.2 Å². The van der Waals surface area contributed by atoms with Gasteiger partial charge in [-0.15, -0.1) is 24.0 Å². The van der Waals surface area contributed by atoms with Gasteiger partial charge in [0.15, 0.2) is 5.96 Å². The minimum absolute atomic E-state index is 0. The van der Waals surface area contributed by atoms with E-state index in [9.17, 15) is 0 Å². The Kier molecular flexibility index (Phi) is 8.68. The molecule has 126 valence electrons. The highest BCUT2D eigenvalue weighted by Gasteiger charge is 2.03. The van der Waals surface area contributed by atoms with Crippen LogP contribution in [0.4, 0.5) is 0 Å². The highest BCUT2D eigenvalue weighted by atomic mass is 127. The quantitative estimate of drug-likeness (QED) is 0.423. The first-order chi connectivity index (χ1) is 10.7. The lowest BCUT2D eigenvalue weighted by Gasteiger charge is -2.12. The van der Waals surface area contributed by atoms with Crippen molar-refractivity contribution in [2.45, 2.75) is 26.8 Å². The van der Waals surface area contributed by atoms with Crippen molar-refractivity contribution in [2.24, 2.45) is 10.9 Å². The lowest BCUT2D eigenvalue weighted by atomic mass is 10.1. The molecule has 0 saturated heterocycles. The summed E-state index contributed by atoms with van der Waals surface area (Å²) in [6.45, 7) is 6.07. The third-order valence-corrected chi connectivity index (χ3v) is 3.35. The summed E-state index contributed by atoms with van der Waals surface area (Å²) >= 11 is 0. The summed E-state index contributed by atoms with van der Waals surface area (Å²) < 4.78 is 1.88. The molecule has 2 aromatic rings. The fraction of sp³-hybridized carbons (Fsp3) is 0.412. The number of nitrogens with one attached hydrogen (secondary N) is 2. The minimum Gasteiger partial charge on any atom is -0.356 e. The summed E-state index contributed by atoms with van der Waals surface area (Å²) in [4.78, 5) is 4.23. The van der Waals surface area contributed by atoms with Crippen LogP contribution in [0.1, 0.15) is 25.8 Å². The Hall–Kier alpha value is -1.57. The molecule has 1 heterocycles. The third-order valence-electron chi connectivity index (χ3n) is 3.35. The maximum Gasteiger partial charge on any atom is 0.191 e. The van der Waals surface area contributed by atoms with E-state index in [4.69, 9.17) is 0 Å². The van der Waals surface area contributed by atoms with E-state index in [1.54, 1.807) is 7.05 Å². The van der Waals surface area contributed by atoms with Crippen LogP contribution in [0.2, 0.25) is 0 Å². The molecule has 0 aliphatic heterocycles. The molecule has 0 aliphatic rings. The summed E-state index contributed by atoms with van der Waals surface area (Å²) in [5.74, 6) is 1.52. The number of halogens is 1. The van der Waals surface area contributed by atoms with Crippen LogP contribution in [0.15, 0.2) is 47.7 Å². The van der Waals surface area contributed by atoms with Gasteiger partial charge in [-0.2, -0.15) is 5.10 Å². The van der Waals surface area contributed by atoms with Crippen molar-refractivity contribution in [1.82, 2.24) is 20.4 Å². The molecule has 0 atom stereocenters. The van der Waals surface area contributed by atoms with Crippen molar-refractivity contribution in [3.8, 4) is 5.69 Å². The first-order valence-electron chi connectivity index (χ1n) is 7.72. The largest absolute Gasteiger partial charge is 0.356 e. The van der Waals surface area contributed by atoms with Crippen LogP contribution in [0.3, 0.4) is 0 Å². The van der Waals surface area contributed by atoms with E-state index in [0.29, 0.717) is 12.5 Å². The number of hydrogen-bond donors (Lipinski definition) is 2. The van der Waals surface area contributed by atoms with Crippen molar-refractivity contribution in [1.29, 1.82) is 0 Å². The van der Waals surface area contributed by atoms with Gasteiger partial charge in [-0.25, -0.2) is 4.68 Å². The van der Waals surface area contributed by atoms with Gasteiger partial charge in [0.2, 0.25) is 0 Å². The van der Waals surface area contributed by atoms with Crippen LogP contribution >= 0.6 is 24.0 Å². The lowest BCUT2D eigenvalue weighted by Crippen LogP contribution is -2.37. The van der Waals surface area contributed by atoms with E-state index < -0.39 is 0 Å². The van der Waals surface area contributed by atoms with Crippen LogP contribution in [0, 0.1) is 5.92 Å². The van der Waals surface area contributed by atoms with Gasteiger partial charge in [0, 0.05) is 31.9 Å². The molecule has 0 aliphatic carbocycles. The summed E-state index contributed by atoms with van der Waals surface area (Å²) in [6.07, 6.45) is 5.04. The van der Waals surface area contributed by atoms with Crippen molar-refractivity contribution >= 4 is 29.9 Å². The average Bonchev–Trinajstić information content (AvgIpc) is 3.00. The van der Waals surface area contributed by atoms with Crippen LogP contribution in [0.5, 0.6) is 0 Å². The lowest BCUT2D eigenvalue weighted by molar-refractivity contribution is 0.573. The van der Waals surface area contributed by atoms with Crippen molar-refractivity contribution < 1.29 is 0 Å². The zero-order chi connectivity index (χ0) is 15.8. The average molecular weight is 427 g/mol. The second-order valence-electron chi connectivity index (χ2n) is 5.66. The van der Waals surface area contributed by atoms with E-state index in [1.165, 1.54) is 0 Å². The van der Waals surface area contributed by atoms with Crippen LogP contribution in [-0.4, -0.2) is 29.3 Å². The predicted octanol–water partition coefficient (Wildman–Crippen LogP) is 3.20. The van der Waals surface area contributed by atoms with Gasteiger partial charge in [0.25, 0.3) is 0 Å².